The maximum Gasteiger partial charge on any atom is 0.327 e. The number of guanidine groups is 1. The molecule has 9 nitrogen and oxygen atoms in total. The molecule has 2 rings (SSSR count). The molecule has 2 N–H and O–H groups in total. The molecule has 0 aromatic carbocycles. The molecule has 69 valence electrons. The molecule has 0 saturated carbocycles. The van der Waals surface area contributed by atoms with E-state index in [9.17, 15) is 9.59 Å². The van der Waals surface area contributed by atoms with Crippen molar-refractivity contribution >= 4 is 17.5 Å². The molecule has 1 aliphatic rings. The van der Waals surface area contributed by atoms with Gasteiger partial charge in [-0.3, -0.25) is 14.8 Å². The number of hydrogen-bond donors (Lipinski definition) is 2. The van der Waals surface area contributed by atoms with Crippen molar-refractivity contribution in [3.63, 3.8) is 0 Å². The Kier molecular flexibility index (Phi) is 1.58. The first-order chi connectivity index (χ1) is 6.70. The smallest absolute Gasteiger partial charge is 0.290 e. The van der Waals surface area contributed by atoms with Gasteiger partial charge in [-0.25, -0.2) is 15.1 Å². The van der Waals surface area contributed by atoms with Crippen LogP contribution in [0.2, 0.25) is 0 Å². The summed E-state index contributed by atoms with van der Waals surface area (Å²) in [5.41, 5.74) is 6.67. The summed E-state index contributed by atoms with van der Waals surface area (Å²) in [5.74, 6) is -0.198. The van der Waals surface area contributed by atoms with E-state index in [2.05, 4.69) is 25.3 Å². The van der Waals surface area contributed by atoms with Gasteiger partial charge in [-0.05, 0) is 10.6 Å². The Morgan fingerprint density at radius 2 is 2.14 bits per heavy atom. The van der Waals surface area contributed by atoms with E-state index in [1.165, 1.54) is 0 Å². The zero-order valence-electron chi connectivity index (χ0n) is 6.55. The second-order valence-corrected chi connectivity index (χ2v) is 2.32. The zero-order valence-corrected chi connectivity index (χ0v) is 6.55. The minimum Gasteiger partial charge on any atom is -0.290 e. The molecule has 0 atom stereocenters. The van der Waals surface area contributed by atoms with Crippen LogP contribution in [0.5, 0.6) is 0 Å². The van der Waals surface area contributed by atoms with Crippen LogP contribution >= 0.6 is 0 Å². The summed E-state index contributed by atoms with van der Waals surface area (Å²) in [6, 6.07) is 0. The lowest BCUT2D eigenvalue weighted by molar-refractivity contribution is 1.01. The van der Waals surface area contributed by atoms with Crippen molar-refractivity contribution in [3.05, 3.63) is 31.3 Å². The lowest BCUT2D eigenvalue weighted by atomic mass is 10.5. The number of aromatic nitrogens is 2. The first-order valence-corrected chi connectivity index (χ1v) is 3.43. The van der Waals surface area contributed by atoms with Gasteiger partial charge in [-0.2, -0.15) is 0 Å². The highest BCUT2D eigenvalue weighted by Crippen LogP contribution is 2.21. The standard InChI is InChI=1S/C5H2N7O2/c6-12-11-4-7-1-2(8-4)9-5(14)10-3(1)13/h(H2,9,10,13,14). The van der Waals surface area contributed by atoms with Crippen LogP contribution in [0.4, 0.5) is 11.5 Å². The lowest BCUT2D eigenvalue weighted by Crippen LogP contribution is -2.21. The molecule has 0 amide bonds. The van der Waals surface area contributed by atoms with Crippen molar-refractivity contribution in [1.82, 2.24) is 15.3 Å². The van der Waals surface area contributed by atoms with Gasteiger partial charge in [0.05, 0.1) is 0 Å². The van der Waals surface area contributed by atoms with Gasteiger partial charge in [0, 0.05) is 4.91 Å². The highest BCUT2D eigenvalue weighted by atomic mass is 16.2. The number of fused-ring (bicyclic) bond motifs is 1. The molecule has 9 heteroatoms. The van der Waals surface area contributed by atoms with E-state index in [0.29, 0.717) is 0 Å². The Labute approximate surface area is 75.1 Å². The van der Waals surface area contributed by atoms with E-state index < -0.39 is 11.2 Å². The third-order valence-corrected chi connectivity index (χ3v) is 1.46. The van der Waals surface area contributed by atoms with Crippen LogP contribution < -0.4 is 16.6 Å². The van der Waals surface area contributed by atoms with Gasteiger partial charge in [-0.15, -0.1) is 0 Å². The van der Waals surface area contributed by atoms with Gasteiger partial charge >= 0.3 is 5.69 Å². The molecule has 1 aliphatic heterocycles. The fourth-order valence-corrected chi connectivity index (χ4v) is 0.962. The molecule has 1 radical (unpaired) electrons. The van der Waals surface area contributed by atoms with Crippen molar-refractivity contribution in [3.8, 4) is 0 Å². The van der Waals surface area contributed by atoms with E-state index in [1.807, 2.05) is 4.98 Å². The quantitative estimate of drug-likeness (QED) is 0.328. The van der Waals surface area contributed by atoms with Crippen molar-refractivity contribution in [1.29, 1.82) is 0 Å². The molecule has 0 unspecified atom stereocenters. The fraction of sp³-hybridized carbons (Fsp3) is 0. The average molecular weight is 192 g/mol. The zero-order chi connectivity index (χ0) is 10.1. The molecule has 2 heterocycles. The Balaban J connectivity index is 2.62. The predicted molar refractivity (Wildman–Crippen MR) is 45.7 cm³/mol. The van der Waals surface area contributed by atoms with Crippen LogP contribution in [-0.4, -0.2) is 15.9 Å². The van der Waals surface area contributed by atoms with E-state index in [0.717, 1.165) is 0 Å². The molecule has 0 fully saturated rings. The predicted octanol–water partition coefficient (Wildman–Crippen LogP) is -0.390. The lowest BCUT2D eigenvalue weighted by Gasteiger charge is -1.91. The first kappa shape index (κ1) is 8.08. The average Bonchev–Trinajstić information content (AvgIpc) is 2.48. The molecule has 14 heavy (non-hydrogen) atoms. The number of hydrogen-bond acceptors (Lipinski definition) is 4. The van der Waals surface area contributed by atoms with E-state index in [-0.39, 0.29) is 17.5 Å². The number of nitrogens with one attached hydrogen (secondary N) is 2. The summed E-state index contributed by atoms with van der Waals surface area (Å²) in [4.78, 5) is 32.1. The number of aliphatic imine (C=N–C) groups is 1. The third-order valence-electron chi connectivity index (χ3n) is 1.46. The van der Waals surface area contributed by atoms with Crippen LogP contribution in [0.25, 0.3) is 10.4 Å². The van der Waals surface area contributed by atoms with Crippen molar-refractivity contribution in [2.75, 3.05) is 0 Å². The SMILES string of the molecule is [N-]=[N+]=NC1=Nc2c([nH]c(=O)[nH]c2=O)[N]1. The third kappa shape index (κ3) is 1.13. The van der Waals surface area contributed by atoms with Gasteiger partial charge in [0.1, 0.15) is 0 Å². The highest BCUT2D eigenvalue weighted by molar-refractivity contribution is 5.93. The van der Waals surface area contributed by atoms with Crippen molar-refractivity contribution < 1.29 is 0 Å². The summed E-state index contributed by atoms with van der Waals surface area (Å²) in [6.45, 7) is 0. The minimum absolute atomic E-state index is 0.00106. The molecule has 1 aromatic heterocycles. The molecular formula is C5H2N7O2. The van der Waals surface area contributed by atoms with Crippen LogP contribution in [0.3, 0.4) is 0 Å². The van der Waals surface area contributed by atoms with Crippen LogP contribution in [0.1, 0.15) is 0 Å². The second-order valence-electron chi connectivity index (χ2n) is 2.32. The fourth-order valence-electron chi connectivity index (χ4n) is 0.962. The van der Waals surface area contributed by atoms with Gasteiger partial charge in [0.2, 0.25) is 5.96 Å². The largest absolute Gasteiger partial charge is 0.327 e. The maximum absolute atomic E-state index is 11.1. The van der Waals surface area contributed by atoms with Crippen LogP contribution in [0.15, 0.2) is 19.7 Å². The highest BCUT2D eigenvalue weighted by Gasteiger charge is 2.18. The summed E-state index contributed by atoms with van der Waals surface area (Å²) in [7, 11) is 0. The Hall–Kier alpha value is -2.54. The molecular weight excluding hydrogens is 190 g/mol. The summed E-state index contributed by atoms with van der Waals surface area (Å²) in [5, 5.41) is 6.72. The van der Waals surface area contributed by atoms with Gasteiger partial charge in [-0.1, -0.05) is 0 Å². The van der Waals surface area contributed by atoms with E-state index >= 15 is 0 Å². The summed E-state index contributed by atoms with van der Waals surface area (Å²) >= 11 is 0. The normalized spacial score (nSPS) is 12.4. The minimum atomic E-state index is -0.685. The molecule has 0 saturated heterocycles. The Morgan fingerprint density at radius 1 is 1.36 bits per heavy atom. The van der Waals surface area contributed by atoms with E-state index in [1.54, 1.807) is 0 Å². The molecule has 0 aliphatic carbocycles. The van der Waals surface area contributed by atoms with E-state index in [4.69, 9.17) is 5.53 Å². The number of azide groups is 1. The molecule has 0 bridgehead atoms. The van der Waals surface area contributed by atoms with Gasteiger partial charge in [0.15, 0.2) is 11.5 Å². The van der Waals surface area contributed by atoms with Crippen LogP contribution in [0, 0.1) is 0 Å². The monoisotopic (exact) mass is 192 g/mol. The van der Waals surface area contributed by atoms with Gasteiger partial charge < -0.3 is 0 Å². The number of aromatic amines is 2. The van der Waals surface area contributed by atoms with Crippen LogP contribution in [-0.2, 0) is 0 Å². The summed E-state index contributed by atoms with van der Waals surface area (Å²) in [6.07, 6.45) is 0. The Morgan fingerprint density at radius 3 is 2.86 bits per heavy atom. The van der Waals surface area contributed by atoms with Gasteiger partial charge in [0.25, 0.3) is 5.56 Å². The molecule has 1 aromatic rings. The topological polar surface area (TPSA) is 141 Å². The van der Waals surface area contributed by atoms with Crippen molar-refractivity contribution in [2.45, 2.75) is 0 Å². The number of rotatable bonds is 0. The Bertz CT molecular complexity index is 572. The summed E-state index contributed by atoms with van der Waals surface area (Å²) < 4.78 is 0. The van der Waals surface area contributed by atoms with Crippen molar-refractivity contribution in [2.24, 2.45) is 10.1 Å². The second kappa shape index (κ2) is 2.75. The first-order valence-electron chi connectivity index (χ1n) is 3.43. The number of H-pyrrole nitrogens is 2. The molecule has 0 spiro atoms. The number of nitrogens with zero attached hydrogens (tertiary/aromatic N) is 5. The maximum atomic E-state index is 11.1.